The van der Waals surface area contributed by atoms with E-state index in [1.165, 1.54) is 11.3 Å². The first-order valence-electron chi connectivity index (χ1n) is 11.2. The third-order valence-electron chi connectivity index (χ3n) is 5.68. The molecule has 2 saturated heterocycles. The van der Waals surface area contributed by atoms with Crippen molar-refractivity contribution in [2.24, 2.45) is 0 Å². The number of ether oxygens (including phenoxy) is 2. The van der Waals surface area contributed by atoms with Crippen molar-refractivity contribution in [3.63, 3.8) is 0 Å². The van der Waals surface area contributed by atoms with E-state index in [0.717, 1.165) is 42.2 Å². The summed E-state index contributed by atoms with van der Waals surface area (Å²) in [6.07, 6.45) is 9.21. The third-order valence-corrected chi connectivity index (χ3v) is 6.61. The summed E-state index contributed by atoms with van der Waals surface area (Å²) >= 11 is 1.47. The van der Waals surface area contributed by atoms with Crippen LogP contribution in [0.3, 0.4) is 0 Å². The smallest absolute Gasteiger partial charge is 0.317 e. The van der Waals surface area contributed by atoms with E-state index < -0.39 is 6.17 Å². The van der Waals surface area contributed by atoms with Crippen LogP contribution in [0.5, 0.6) is 6.01 Å². The number of rotatable bonds is 7. The predicted molar refractivity (Wildman–Crippen MR) is 122 cm³/mol. The predicted octanol–water partition coefficient (Wildman–Crippen LogP) is 3.63. The van der Waals surface area contributed by atoms with E-state index in [0.29, 0.717) is 49.6 Å². The number of hydrogen-bond donors (Lipinski definition) is 1. The number of anilines is 2. The minimum Gasteiger partial charge on any atom is -0.460 e. The maximum absolute atomic E-state index is 13.3. The van der Waals surface area contributed by atoms with Crippen LogP contribution >= 0.6 is 11.3 Å². The maximum Gasteiger partial charge on any atom is 0.317 e. The quantitative estimate of drug-likeness (QED) is 0.554. The van der Waals surface area contributed by atoms with Crippen LogP contribution in [-0.4, -0.2) is 68.4 Å². The van der Waals surface area contributed by atoms with Gasteiger partial charge in [-0.3, -0.25) is 9.88 Å². The van der Waals surface area contributed by atoms with Gasteiger partial charge in [-0.05, 0) is 18.9 Å². The van der Waals surface area contributed by atoms with Gasteiger partial charge in [0.05, 0.1) is 41.9 Å². The van der Waals surface area contributed by atoms with Gasteiger partial charge in [0.15, 0.2) is 10.9 Å². The molecule has 3 aromatic rings. The molecule has 0 radical (unpaired) electrons. The number of aromatic nitrogens is 5. The zero-order valence-electron chi connectivity index (χ0n) is 18.2. The highest BCUT2D eigenvalue weighted by atomic mass is 32.1. The Kier molecular flexibility index (Phi) is 6.98. The number of halogens is 1. The van der Waals surface area contributed by atoms with Gasteiger partial charge < -0.3 is 14.8 Å². The molecule has 174 valence electrons. The van der Waals surface area contributed by atoms with Crippen LogP contribution in [0, 0.1) is 0 Å². The van der Waals surface area contributed by atoms with Crippen molar-refractivity contribution < 1.29 is 13.9 Å². The zero-order chi connectivity index (χ0) is 22.5. The lowest BCUT2D eigenvalue weighted by Crippen LogP contribution is -2.34. The fourth-order valence-corrected chi connectivity index (χ4v) is 4.62. The van der Waals surface area contributed by atoms with Crippen molar-refractivity contribution in [3.05, 3.63) is 36.5 Å². The van der Waals surface area contributed by atoms with E-state index in [1.807, 2.05) is 6.07 Å². The van der Waals surface area contributed by atoms with Crippen molar-refractivity contribution in [3.8, 4) is 16.6 Å². The van der Waals surface area contributed by atoms with Crippen LogP contribution < -0.4 is 10.1 Å². The van der Waals surface area contributed by atoms with Crippen LogP contribution in [0.1, 0.15) is 31.4 Å². The van der Waals surface area contributed by atoms with Gasteiger partial charge in [0.25, 0.3) is 0 Å². The molecular formula is C22H26FN7O2S. The molecule has 11 heteroatoms. The summed E-state index contributed by atoms with van der Waals surface area (Å²) in [5.74, 6) is 0.619. The standard InChI is InChI=1S/C22H26FN7O2S/c23-15-2-7-30(8-3-15)14-16-11-26-20(13-25-16)29-22-27-12-19(33-22)18-1-6-24-21(28-18)32-17-4-9-31-10-5-17/h1,6,11-13,15,17H,2-5,7-10,14H2,(H,26,27,29). The molecule has 0 spiro atoms. The van der Waals surface area contributed by atoms with Gasteiger partial charge in [0.2, 0.25) is 0 Å². The van der Waals surface area contributed by atoms with E-state index in [1.54, 1.807) is 24.8 Å². The third kappa shape index (κ3) is 5.98. The molecule has 5 rings (SSSR count). The molecule has 2 fully saturated rings. The van der Waals surface area contributed by atoms with Crippen molar-refractivity contribution in [1.29, 1.82) is 0 Å². The van der Waals surface area contributed by atoms with E-state index in [-0.39, 0.29) is 6.10 Å². The Labute approximate surface area is 195 Å². The molecule has 5 heterocycles. The monoisotopic (exact) mass is 471 g/mol. The first-order valence-corrected chi connectivity index (χ1v) is 12.0. The maximum atomic E-state index is 13.3. The molecular weight excluding hydrogens is 445 g/mol. The van der Waals surface area contributed by atoms with Crippen molar-refractivity contribution in [2.75, 3.05) is 31.6 Å². The van der Waals surface area contributed by atoms with Crippen LogP contribution in [0.2, 0.25) is 0 Å². The van der Waals surface area contributed by atoms with E-state index in [9.17, 15) is 4.39 Å². The summed E-state index contributed by atoms with van der Waals surface area (Å²) in [6.45, 7) is 3.62. The highest BCUT2D eigenvalue weighted by molar-refractivity contribution is 7.18. The molecule has 9 nitrogen and oxygen atoms in total. The number of nitrogens with zero attached hydrogens (tertiary/aromatic N) is 6. The fraction of sp³-hybridized carbons (Fsp3) is 0.500. The second-order valence-electron chi connectivity index (χ2n) is 8.15. The molecule has 2 aliphatic rings. The normalized spacial score (nSPS) is 18.3. The lowest BCUT2D eigenvalue weighted by molar-refractivity contribution is 0.0217. The van der Waals surface area contributed by atoms with Gasteiger partial charge in [-0.25, -0.2) is 19.3 Å². The summed E-state index contributed by atoms with van der Waals surface area (Å²) in [6, 6.07) is 2.22. The summed E-state index contributed by atoms with van der Waals surface area (Å²) in [5.41, 5.74) is 1.63. The Balaban J connectivity index is 1.18. The molecule has 0 atom stereocenters. The summed E-state index contributed by atoms with van der Waals surface area (Å²) in [4.78, 5) is 25.3. The van der Waals surface area contributed by atoms with Gasteiger partial charge in [0.1, 0.15) is 12.3 Å². The molecule has 2 aliphatic heterocycles. The van der Waals surface area contributed by atoms with Crippen LogP contribution in [0.25, 0.3) is 10.6 Å². The zero-order valence-corrected chi connectivity index (χ0v) is 19.0. The van der Waals surface area contributed by atoms with E-state index in [4.69, 9.17) is 9.47 Å². The van der Waals surface area contributed by atoms with Crippen LogP contribution in [0.15, 0.2) is 30.9 Å². The minimum absolute atomic E-state index is 0.0877. The van der Waals surface area contributed by atoms with Crippen molar-refractivity contribution in [2.45, 2.75) is 44.5 Å². The Morgan fingerprint density at radius 1 is 1.06 bits per heavy atom. The summed E-state index contributed by atoms with van der Waals surface area (Å²) < 4.78 is 24.6. The Morgan fingerprint density at radius 3 is 2.70 bits per heavy atom. The number of thiazole rings is 1. The molecule has 0 unspecified atom stereocenters. The minimum atomic E-state index is -0.671. The number of piperidine rings is 1. The molecule has 0 saturated carbocycles. The molecule has 0 aromatic carbocycles. The number of hydrogen-bond acceptors (Lipinski definition) is 10. The molecule has 33 heavy (non-hydrogen) atoms. The fourth-order valence-electron chi connectivity index (χ4n) is 3.83. The first kappa shape index (κ1) is 22.1. The van der Waals surface area contributed by atoms with Crippen LogP contribution in [0.4, 0.5) is 15.3 Å². The van der Waals surface area contributed by atoms with Crippen molar-refractivity contribution in [1.82, 2.24) is 29.8 Å². The van der Waals surface area contributed by atoms with E-state index in [2.05, 4.69) is 35.1 Å². The molecule has 1 N–H and O–H groups in total. The Bertz CT molecular complexity index is 1040. The van der Waals surface area contributed by atoms with Crippen LogP contribution in [-0.2, 0) is 11.3 Å². The van der Waals surface area contributed by atoms with Gasteiger partial charge in [-0.2, -0.15) is 4.98 Å². The Morgan fingerprint density at radius 2 is 1.91 bits per heavy atom. The number of nitrogens with one attached hydrogen (secondary N) is 1. The average molecular weight is 472 g/mol. The average Bonchev–Trinajstić information content (AvgIpc) is 3.31. The highest BCUT2D eigenvalue weighted by Gasteiger charge is 2.19. The first-order chi connectivity index (χ1) is 16.2. The number of alkyl halides is 1. The van der Waals surface area contributed by atoms with Gasteiger partial charge in [-0.1, -0.05) is 11.3 Å². The van der Waals surface area contributed by atoms with Gasteiger partial charge in [-0.15, -0.1) is 0 Å². The molecule has 0 bridgehead atoms. The second kappa shape index (κ2) is 10.4. The lowest BCUT2D eigenvalue weighted by atomic mass is 10.1. The number of likely N-dealkylation sites (tertiary alicyclic amines) is 1. The van der Waals surface area contributed by atoms with E-state index >= 15 is 0 Å². The topological polar surface area (TPSA) is 98.2 Å². The van der Waals surface area contributed by atoms with Crippen molar-refractivity contribution >= 4 is 22.3 Å². The summed E-state index contributed by atoms with van der Waals surface area (Å²) in [5, 5.41) is 3.89. The summed E-state index contributed by atoms with van der Waals surface area (Å²) in [7, 11) is 0. The second-order valence-corrected chi connectivity index (χ2v) is 9.18. The highest BCUT2D eigenvalue weighted by Crippen LogP contribution is 2.30. The van der Waals surface area contributed by atoms with Gasteiger partial charge in [0, 0.05) is 44.9 Å². The molecule has 0 amide bonds. The lowest BCUT2D eigenvalue weighted by Gasteiger charge is -2.27. The van der Waals surface area contributed by atoms with Gasteiger partial charge >= 0.3 is 6.01 Å². The SMILES string of the molecule is FC1CCN(Cc2cnc(Nc3ncc(-c4ccnc(OC5CCOCC5)n4)s3)cn2)CC1. The molecule has 3 aromatic heterocycles. The molecule has 0 aliphatic carbocycles. The largest absolute Gasteiger partial charge is 0.460 e. The Hall–Kier alpha value is -2.76.